The third kappa shape index (κ3) is 3.10. The van der Waals surface area contributed by atoms with E-state index < -0.39 is 0 Å². The molecule has 0 spiro atoms. The van der Waals surface area contributed by atoms with Gasteiger partial charge in [0, 0.05) is 23.5 Å². The molecule has 4 aromatic rings. The lowest BCUT2D eigenvalue weighted by Crippen LogP contribution is -2.10. The molecule has 0 atom stereocenters. The second kappa shape index (κ2) is 7.16. The van der Waals surface area contributed by atoms with Gasteiger partial charge in [-0.25, -0.2) is 0 Å². The smallest absolute Gasteiger partial charge is 0.0669 e. The fourth-order valence-corrected chi connectivity index (χ4v) is 3.71. The van der Waals surface area contributed by atoms with Crippen LogP contribution in [0.4, 0.5) is 22.7 Å². The summed E-state index contributed by atoms with van der Waals surface area (Å²) in [5.41, 5.74) is 8.14. The van der Waals surface area contributed by atoms with Crippen LogP contribution in [0, 0.1) is 0 Å². The van der Waals surface area contributed by atoms with Crippen LogP contribution < -0.4 is 4.90 Å². The van der Waals surface area contributed by atoms with Gasteiger partial charge in [-0.15, -0.1) is 0 Å². The fraction of sp³-hybridized carbons (Fsp3) is 0.0385. The molecule has 1 heterocycles. The molecule has 2 heteroatoms. The maximum atomic E-state index is 4.82. The van der Waals surface area contributed by atoms with Gasteiger partial charge in [-0.05, 0) is 53.6 Å². The highest BCUT2D eigenvalue weighted by Gasteiger charge is 2.16. The van der Waals surface area contributed by atoms with E-state index in [1.54, 1.807) is 0 Å². The van der Waals surface area contributed by atoms with Crippen molar-refractivity contribution in [2.45, 2.75) is 6.42 Å². The fourth-order valence-electron chi connectivity index (χ4n) is 3.71. The zero-order valence-electron chi connectivity index (χ0n) is 15.5. The van der Waals surface area contributed by atoms with Crippen molar-refractivity contribution < 1.29 is 0 Å². The first-order chi connectivity index (χ1) is 13.9. The minimum atomic E-state index is 0.899. The van der Waals surface area contributed by atoms with Crippen LogP contribution in [0.1, 0.15) is 11.1 Å². The zero-order valence-corrected chi connectivity index (χ0v) is 15.5. The minimum Gasteiger partial charge on any atom is -0.311 e. The molecule has 2 nitrogen and oxygen atoms in total. The topological polar surface area (TPSA) is 15.6 Å². The third-order valence-electron chi connectivity index (χ3n) is 5.09. The van der Waals surface area contributed by atoms with Gasteiger partial charge in [0.05, 0.1) is 11.4 Å². The van der Waals surface area contributed by atoms with E-state index in [1.807, 2.05) is 18.2 Å². The van der Waals surface area contributed by atoms with Crippen molar-refractivity contribution >= 4 is 28.5 Å². The van der Waals surface area contributed by atoms with Gasteiger partial charge >= 0.3 is 0 Å². The van der Waals surface area contributed by atoms with Gasteiger partial charge in [-0.3, -0.25) is 4.99 Å². The molecule has 0 N–H and O–H groups in total. The van der Waals surface area contributed by atoms with Gasteiger partial charge in [0.2, 0.25) is 0 Å². The number of anilines is 3. The van der Waals surface area contributed by atoms with Crippen LogP contribution in [0.2, 0.25) is 0 Å². The SMILES string of the molecule is c1ccc(N(c2ccccc2)c2ccc(C3=Nc4ccccc4C3)cc2)cc1. The van der Waals surface area contributed by atoms with Crippen molar-refractivity contribution in [2.24, 2.45) is 4.99 Å². The summed E-state index contributed by atoms with van der Waals surface area (Å²) in [4.78, 5) is 7.09. The Hall–Kier alpha value is -3.65. The predicted molar refractivity (Wildman–Crippen MR) is 117 cm³/mol. The Morgan fingerprint density at radius 1 is 0.536 bits per heavy atom. The highest BCUT2D eigenvalue weighted by molar-refractivity contribution is 6.06. The first kappa shape index (κ1) is 16.5. The Labute approximate surface area is 165 Å². The Morgan fingerprint density at radius 2 is 1.07 bits per heavy atom. The van der Waals surface area contributed by atoms with Gasteiger partial charge in [0.1, 0.15) is 0 Å². The Morgan fingerprint density at radius 3 is 1.68 bits per heavy atom. The van der Waals surface area contributed by atoms with E-state index in [0.717, 1.165) is 34.9 Å². The number of fused-ring (bicyclic) bond motifs is 1. The summed E-state index contributed by atoms with van der Waals surface area (Å²) in [7, 11) is 0. The van der Waals surface area contributed by atoms with E-state index in [9.17, 15) is 0 Å². The molecule has 0 unspecified atom stereocenters. The lowest BCUT2D eigenvalue weighted by atomic mass is 10.0. The molecule has 28 heavy (non-hydrogen) atoms. The van der Waals surface area contributed by atoms with Crippen LogP contribution >= 0.6 is 0 Å². The molecule has 5 rings (SSSR count). The zero-order chi connectivity index (χ0) is 18.8. The number of hydrogen-bond acceptors (Lipinski definition) is 2. The summed E-state index contributed by atoms with van der Waals surface area (Å²) in [6.07, 6.45) is 0.899. The molecule has 0 saturated carbocycles. The molecule has 0 bridgehead atoms. The van der Waals surface area contributed by atoms with Crippen LogP contribution in [-0.2, 0) is 6.42 Å². The highest BCUT2D eigenvalue weighted by atomic mass is 15.1. The maximum Gasteiger partial charge on any atom is 0.0669 e. The summed E-state index contributed by atoms with van der Waals surface area (Å²) in [6, 6.07) is 38.0. The Bertz CT molecular complexity index is 1070. The molecule has 134 valence electrons. The molecule has 1 aliphatic rings. The van der Waals surface area contributed by atoms with Crippen molar-refractivity contribution in [3.63, 3.8) is 0 Å². The maximum absolute atomic E-state index is 4.82. The molecule has 0 fully saturated rings. The molecule has 0 radical (unpaired) electrons. The van der Waals surface area contributed by atoms with Gasteiger partial charge in [-0.2, -0.15) is 0 Å². The van der Waals surface area contributed by atoms with E-state index in [4.69, 9.17) is 4.99 Å². The molecule has 0 saturated heterocycles. The van der Waals surface area contributed by atoms with Crippen molar-refractivity contribution in [1.29, 1.82) is 0 Å². The Balaban J connectivity index is 1.50. The largest absolute Gasteiger partial charge is 0.311 e. The predicted octanol–water partition coefficient (Wildman–Crippen LogP) is 6.83. The summed E-state index contributed by atoms with van der Waals surface area (Å²) in [5, 5.41) is 0. The van der Waals surface area contributed by atoms with Crippen LogP contribution in [-0.4, -0.2) is 5.71 Å². The monoisotopic (exact) mass is 360 g/mol. The molecule has 0 amide bonds. The number of rotatable bonds is 4. The van der Waals surface area contributed by atoms with Crippen LogP contribution in [0.3, 0.4) is 0 Å². The molecule has 0 aliphatic carbocycles. The van der Waals surface area contributed by atoms with Crippen LogP contribution in [0.5, 0.6) is 0 Å². The van der Waals surface area contributed by atoms with E-state index in [0.29, 0.717) is 0 Å². The summed E-state index contributed by atoms with van der Waals surface area (Å²) in [5.74, 6) is 0. The van der Waals surface area contributed by atoms with Crippen molar-refractivity contribution in [3.8, 4) is 0 Å². The van der Waals surface area contributed by atoms with Crippen LogP contribution in [0.15, 0.2) is 114 Å². The summed E-state index contributed by atoms with van der Waals surface area (Å²) in [6.45, 7) is 0. The van der Waals surface area contributed by atoms with E-state index in [1.165, 1.54) is 11.1 Å². The second-order valence-electron chi connectivity index (χ2n) is 6.92. The van der Waals surface area contributed by atoms with E-state index in [-0.39, 0.29) is 0 Å². The van der Waals surface area contributed by atoms with Gasteiger partial charge in [-0.1, -0.05) is 66.7 Å². The standard InChI is InChI=1S/C26H20N2/c1-3-10-22(11-4-1)28(23-12-5-2-6-13-23)24-17-15-20(16-18-24)26-19-21-9-7-8-14-25(21)27-26/h1-18H,19H2. The van der Waals surface area contributed by atoms with Crippen molar-refractivity contribution in [3.05, 3.63) is 120 Å². The summed E-state index contributed by atoms with van der Waals surface area (Å²) >= 11 is 0. The average Bonchev–Trinajstić information content (AvgIpc) is 3.20. The molecular formula is C26H20N2. The van der Waals surface area contributed by atoms with Gasteiger partial charge < -0.3 is 4.90 Å². The van der Waals surface area contributed by atoms with Gasteiger partial charge in [0.25, 0.3) is 0 Å². The molecule has 1 aliphatic heterocycles. The highest BCUT2D eigenvalue weighted by Crippen LogP contribution is 2.35. The number of nitrogens with zero attached hydrogens (tertiary/aromatic N) is 2. The molecular weight excluding hydrogens is 340 g/mol. The van der Waals surface area contributed by atoms with Crippen molar-refractivity contribution in [1.82, 2.24) is 0 Å². The number of hydrogen-bond donors (Lipinski definition) is 0. The number of para-hydroxylation sites is 3. The first-order valence-electron chi connectivity index (χ1n) is 9.55. The quantitative estimate of drug-likeness (QED) is 0.389. The first-order valence-corrected chi connectivity index (χ1v) is 9.55. The molecule has 0 aromatic heterocycles. The van der Waals surface area contributed by atoms with E-state index in [2.05, 4.69) is 95.9 Å². The third-order valence-corrected chi connectivity index (χ3v) is 5.09. The Kier molecular flexibility index (Phi) is 4.23. The lowest BCUT2D eigenvalue weighted by molar-refractivity contribution is 1.28. The number of benzene rings is 4. The lowest BCUT2D eigenvalue weighted by Gasteiger charge is -2.25. The second-order valence-corrected chi connectivity index (χ2v) is 6.92. The summed E-state index contributed by atoms with van der Waals surface area (Å²) < 4.78 is 0. The molecule has 4 aromatic carbocycles. The van der Waals surface area contributed by atoms with E-state index >= 15 is 0 Å². The van der Waals surface area contributed by atoms with Crippen LogP contribution in [0.25, 0.3) is 0 Å². The number of aliphatic imine (C=N–C) groups is 1. The van der Waals surface area contributed by atoms with Crippen molar-refractivity contribution in [2.75, 3.05) is 4.90 Å². The minimum absolute atomic E-state index is 0.899. The normalized spacial score (nSPS) is 12.4. The average molecular weight is 360 g/mol. The van der Waals surface area contributed by atoms with Gasteiger partial charge in [0.15, 0.2) is 0 Å².